The van der Waals surface area contributed by atoms with E-state index in [-0.39, 0.29) is 12.1 Å². The molecule has 1 fully saturated rings. The van der Waals surface area contributed by atoms with Crippen molar-refractivity contribution in [2.75, 3.05) is 0 Å². The molecule has 0 saturated heterocycles. The van der Waals surface area contributed by atoms with E-state index in [1.807, 2.05) is 6.20 Å². The van der Waals surface area contributed by atoms with Crippen LogP contribution in [0.2, 0.25) is 10.0 Å². The van der Waals surface area contributed by atoms with E-state index < -0.39 is 0 Å². The van der Waals surface area contributed by atoms with Gasteiger partial charge in [-0.25, -0.2) is 0 Å². The molecule has 0 unspecified atom stereocenters. The highest BCUT2D eigenvalue weighted by atomic mass is 35.5. The van der Waals surface area contributed by atoms with E-state index in [0.29, 0.717) is 22.3 Å². The van der Waals surface area contributed by atoms with Crippen LogP contribution in [0.4, 0.5) is 0 Å². The number of hydrogen-bond acceptors (Lipinski definition) is 4. The van der Waals surface area contributed by atoms with Crippen molar-refractivity contribution >= 4 is 23.2 Å². The van der Waals surface area contributed by atoms with Crippen molar-refractivity contribution < 1.29 is 4.74 Å². The van der Waals surface area contributed by atoms with E-state index in [1.54, 1.807) is 23.1 Å². The standard InChI is InChI=1S/C14H16Cl2N4O/c15-9-4-11(16)13(18-5-9)8-20-7-10(6-19-20)21-14-3-1-2-12(14)17/h4-7,12,14H,1-3,8,17H2/t12-,14+/m0/s1. The first-order valence-corrected chi connectivity index (χ1v) is 7.62. The van der Waals surface area contributed by atoms with Crippen LogP contribution < -0.4 is 10.5 Å². The number of aromatic nitrogens is 3. The van der Waals surface area contributed by atoms with Crippen LogP contribution in [0.3, 0.4) is 0 Å². The highest BCUT2D eigenvalue weighted by molar-refractivity contribution is 6.34. The van der Waals surface area contributed by atoms with Gasteiger partial charge in [0.05, 0.1) is 34.7 Å². The van der Waals surface area contributed by atoms with Crippen LogP contribution in [0.15, 0.2) is 24.7 Å². The third-order valence-electron chi connectivity index (χ3n) is 3.60. The van der Waals surface area contributed by atoms with Gasteiger partial charge in [0.2, 0.25) is 0 Å². The maximum absolute atomic E-state index is 6.11. The Morgan fingerprint density at radius 2 is 2.19 bits per heavy atom. The molecule has 2 heterocycles. The molecule has 2 aromatic rings. The van der Waals surface area contributed by atoms with Crippen LogP contribution in [0.25, 0.3) is 0 Å². The zero-order chi connectivity index (χ0) is 14.8. The molecule has 2 aromatic heterocycles. The number of nitrogens with two attached hydrogens (primary N) is 1. The monoisotopic (exact) mass is 326 g/mol. The molecule has 0 spiro atoms. The van der Waals surface area contributed by atoms with Crippen LogP contribution in [-0.2, 0) is 6.54 Å². The third kappa shape index (κ3) is 3.48. The van der Waals surface area contributed by atoms with Crippen molar-refractivity contribution in [1.29, 1.82) is 0 Å². The molecule has 0 bridgehead atoms. The summed E-state index contributed by atoms with van der Waals surface area (Å²) < 4.78 is 7.61. The van der Waals surface area contributed by atoms with Gasteiger partial charge in [0.1, 0.15) is 6.10 Å². The molecule has 1 aliphatic carbocycles. The van der Waals surface area contributed by atoms with Crippen molar-refractivity contribution in [2.45, 2.75) is 38.0 Å². The van der Waals surface area contributed by atoms with E-state index in [0.717, 1.165) is 25.0 Å². The molecule has 5 nitrogen and oxygen atoms in total. The molecule has 0 radical (unpaired) electrons. The molecule has 1 saturated carbocycles. The topological polar surface area (TPSA) is 66.0 Å². The van der Waals surface area contributed by atoms with Gasteiger partial charge in [-0.2, -0.15) is 5.10 Å². The normalized spacial score (nSPS) is 21.7. The average molecular weight is 327 g/mol. The Morgan fingerprint density at radius 1 is 1.33 bits per heavy atom. The maximum Gasteiger partial charge on any atom is 0.157 e. The summed E-state index contributed by atoms with van der Waals surface area (Å²) in [5.41, 5.74) is 6.72. The Hall–Kier alpha value is -1.30. The Kier molecular flexibility index (Phi) is 4.33. The average Bonchev–Trinajstić information content (AvgIpc) is 3.04. The lowest BCUT2D eigenvalue weighted by Crippen LogP contribution is -2.33. The second-order valence-electron chi connectivity index (χ2n) is 5.21. The van der Waals surface area contributed by atoms with Crippen molar-refractivity contribution in [1.82, 2.24) is 14.8 Å². The highest BCUT2D eigenvalue weighted by Gasteiger charge is 2.25. The number of hydrogen-bond donors (Lipinski definition) is 1. The van der Waals surface area contributed by atoms with Gasteiger partial charge in [-0.3, -0.25) is 9.67 Å². The molecule has 2 atom stereocenters. The van der Waals surface area contributed by atoms with E-state index in [9.17, 15) is 0 Å². The smallest absolute Gasteiger partial charge is 0.157 e. The van der Waals surface area contributed by atoms with Crippen molar-refractivity contribution in [3.63, 3.8) is 0 Å². The molecule has 7 heteroatoms. The Labute approximate surface area is 133 Å². The summed E-state index contributed by atoms with van der Waals surface area (Å²) in [6.07, 6.45) is 8.30. The molecular formula is C14H16Cl2N4O. The van der Waals surface area contributed by atoms with Gasteiger partial charge in [0.15, 0.2) is 5.75 Å². The first-order valence-electron chi connectivity index (χ1n) is 6.86. The quantitative estimate of drug-likeness (QED) is 0.938. The highest BCUT2D eigenvalue weighted by Crippen LogP contribution is 2.24. The van der Waals surface area contributed by atoms with Crippen LogP contribution in [0, 0.1) is 0 Å². The number of nitrogens with zero attached hydrogens (tertiary/aromatic N) is 3. The molecular weight excluding hydrogens is 311 g/mol. The van der Waals surface area contributed by atoms with Gasteiger partial charge >= 0.3 is 0 Å². The van der Waals surface area contributed by atoms with E-state index in [1.165, 1.54) is 0 Å². The predicted octanol–water partition coefficient (Wildman–Crippen LogP) is 2.89. The van der Waals surface area contributed by atoms with Gasteiger partial charge in [-0.1, -0.05) is 23.2 Å². The largest absolute Gasteiger partial charge is 0.486 e. The molecule has 0 amide bonds. The Morgan fingerprint density at radius 3 is 2.90 bits per heavy atom. The van der Waals surface area contributed by atoms with Crippen LogP contribution in [-0.4, -0.2) is 26.9 Å². The SMILES string of the molecule is N[C@H]1CCC[C@H]1Oc1cnn(Cc2ncc(Cl)cc2Cl)c1. The second-order valence-corrected chi connectivity index (χ2v) is 6.05. The van der Waals surface area contributed by atoms with Crippen LogP contribution in [0.1, 0.15) is 25.0 Å². The molecule has 1 aliphatic rings. The fourth-order valence-electron chi connectivity index (χ4n) is 2.48. The zero-order valence-corrected chi connectivity index (χ0v) is 12.9. The van der Waals surface area contributed by atoms with Crippen molar-refractivity contribution in [3.05, 3.63) is 40.4 Å². The van der Waals surface area contributed by atoms with Gasteiger partial charge in [-0.15, -0.1) is 0 Å². The Balaban J connectivity index is 1.67. The second kappa shape index (κ2) is 6.22. The lowest BCUT2D eigenvalue weighted by atomic mass is 10.2. The van der Waals surface area contributed by atoms with Gasteiger partial charge < -0.3 is 10.5 Å². The first-order chi connectivity index (χ1) is 10.1. The van der Waals surface area contributed by atoms with Crippen LogP contribution in [0.5, 0.6) is 5.75 Å². The van der Waals surface area contributed by atoms with E-state index >= 15 is 0 Å². The number of halogens is 2. The summed E-state index contributed by atoms with van der Waals surface area (Å²) in [6, 6.07) is 1.78. The van der Waals surface area contributed by atoms with Gasteiger partial charge in [0, 0.05) is 12.2 Å². The summed E-state index contributed by atoms with van der Waals surface area (Å²) in [7, 11) is 0. The van der Waals surface area contributed by atoms with E-state index in [4.69, 9.17) is 33.7 Å². The molecule has 3 rings (SSSR count). The minimum Gasteiger partial charge on any atom is -0.486 e. The molecule has 2 N–H and O–H groups in total. The Bertz CT molecular complexity index is 631. The predicted molar refractivity (Wildman–Crippen MR) is 81.8 cm³/mol. The molecule has 0 aliphatic heterocycles. The number of rotatable bonds is 4. The summed E-state index contributed by atoms with van der Waals surface area (Å²) in [5, 5.41) is 5.30. The number of pyridine rings is 1. The summed E-state index contributed by atoms with van der Waals surface area (Å²) in [4.78, 5) is 4.21. The van der Waals surface area contributed by atoms with Gasteiger partial charge in [0.25, 0.3) is 0 Å². The lowest BCUT2D eigenvalue weighted by Gasteiger charge is -2.15. The van der Waals surface area contributed by atoms with Crippen molar-refractivity contribution in [3.8, 4) is 5.75 Å². The summed E-state index contributed by atoms with van der Waals surface area (Å²) in [5.74, 6) is 0.724. The fourth-order valence-corrected chi connectivity index (χ4v) is 2.92. The fraction of sp³-hybridized carbons (Fsp3) is 0.429. The summed E-state index contributed by atoms with van der Waals surface area (Å²) >= 11 is 11.9. The minimum absolute atomic E-state index is 0.0832. The molecule has 112 valence electrons. The molecule has 21 heavy (non-hydrogen) atoms. The third-order valence-corrected chi connectivity index (χ3v) is 4.13. The van der Waals surface area contributed by atoms with E-state index in [2.05, 4.69) is 10.1 Å². The van der Waals surface area contributed by atoms with Gasteiger partial charge in [-0.05, 0) is 25.3 Å². The van der Waals surface area contributed by atoms with Crippen LogP contribution >= 0.6 is 23.2 Å². The number of ether oxygens (including phenoxy) is 1. The zero-order valence-electron chi connectivity index (χ0n) is 11.4. The van der Waals surface area contributed by atoms with Crippen molar-refractivity contribution in [2.24, 2.45) is 5.73 Å². The minimum atomic E-state index is 0.0832. The first kappa shape index (κ1) is 14.6. The maximum atomic E-state index is 6.11. The summed E-state index contributed by atoms with van der Waals surface area (Å²) in [6.45, 7) is 0.468. The molecule has 0 aromatic carbocycles. The lowest BCUT2D eigenvalue weighted by molar-refractivity contribution is 0.191.